The fraction of sp³-hybridized carbons (Fsp3) is 0.917. The smallest absolute Gasteiger partial charge is 0.221 e. The summed E-state index contributed by atoms with van der Waals surface area (Å²) >= 11 is 0. The van der Waals surface area contributed by atoms with Gasteiger partial charge in [0.15, 0.2) is 0 Å². The average molecular weight is 228 g/mol. The quantitative estimate of drug-likeness (QED) is 0.735. The van der Waals surface area contributed by atoms with E-state index in [1.807, 2.05) is 20.8 Å². The van der Waals surface area contributed by atoms with E-state index < -0.39 is 0 Å². The van der Waals surface area contributed by atoms with Gasteiger partial charge in [0.25, 0.3) is 0 Å². The van der Waals surface area contributed by atoms with Crippen molar-refractivity contribution >= 4 is 5.91 Å². The van der Waals surface area contributed by atoms with Gasteiger partial charge in [0.2, 0.25) is 5.91 Å². The molecule has 1 fully saturated rings. The summed E-state index contributed by atoms with van der Waals surface area (Å²) in [4.78, 5) is 11.7. The van der Waals surface area contributed by atoms with E-state index in [9.17, 15) is 4.79 Å². The summed E-state index contributed by atoms with van der Waals surface area (Å²) < 4.78 is 5.30. The minimum absolute atomic E-state index is 0.0490. The number of hydrogen-bond acceptors (Lipinski definition) is 3. The molecule has 3 atom stereocenters. The van der Waals surface area contributed by atoms with E-state index in [2.05, 4.69) is 5.32 Å². The number of rotatable bonds is 5. The molecule has 94 valence electrons. The summed E-state index contributed by atoms with van der Waals surface area (Å²) in [5.41, 5.74) is 5.86. The number of carbonyl (C=O) groups excluding carboxylic acids is 1. The van der Waals surface area contributed by atoms with Gasteiger partial charge in [0.05, 0.1) is 6.61 Å². The largest absolute Gasteiger partial charge is 0.381 e. The highest BCUT2D eigenvalue weighted by Gasteiger charge is 2.24. The average Bonchev–Trinajstić information content (AvgIpc) is 2.69. The van der Waals surface area contributed by atoms with Gasteiger partial charge in [-0.15, -0.1) is 0 Å². The summed E-state index contributed by atoms with van der Waals surface area (Å²) in [5, 5.41) is 3.01. The first-order valence-electron chi connectivity index (χ1n) is 6.13. The van der Waals surface area contributed by atoms with Crippen LogP contribution in [0.1, 0.15) is 33.6 Å². The van der Waals surface area contributed by atoms with Crippen molar-refractivity contribution in [2.24, 2.45) is 17.6 Å². The molecule has 0 bridgehead atoms. The van der Waals surface area contributed by atoms with Crippen LogP contribution in [-0.4, -0.2) is 31.2 Å². The van der Waals surface area contributed by atoms with E-state index in [0.29, 0.717) is 18.3 Å². The topological polar surface area (TPSA) is 64.4 Å². The molecule has 3 unspecified atom stereocenters. The van der Waals surface area contributed by atoms with Crippen molar-refractivity contribution in [2.45, 2.75) is 45.7 Å². The molecular formula is C12H24N2O2. The molecule has 0 saturated carbocycles. The summed E-state index contributed by atoms with van der Waals surface area (Å²) in [6.45, 7) is 7.69. The van der Waals surface area contributed by atoms with E-state index in [-0.39, 0.29) is 18.0 Å². The molecule has 1 aliphatic rings. The third kappa shape index (κ3) is 4.10. The van der Waals surface area contributed by atoms with Crippen LogP contribution >= 0.6 is 0 Å². The second-order valence-electron chi connectivity index (χ2n) is 5.09. The van der Waals surface area contributed by atoms with Gasteiger partial charge in [0.1, 0.15) is 0 Å². The number of carbonyl (C=O) groups is 1. The van der Waals surface area contributed by atoms with Gasteiger partial charge in [0, 0.05) is 31.0 Å². The molecule has 4 nitrogen and oxygen atoms in total. The molecule has 3 N–H and O–H groups in total. The molecule has 0 aliphatic carbocycles. The number of ether oxygens (including phenoxy) is 1. The Morgan fingerprint density at radius 1 is 1.50 bits per heavy atom. The Kier molecular flexibility index (Phi) is 5.22. The standard InChI is InChI=1S/C12H24N2O2/c1-8(2)11(13)6-12(15)14-9(3)10-4-5-16-7-10/h8-11H,4-7,13H2,1-3H3,(H,14,15). The van der Waals surface area contributed by atoms with Crippen LogP contribution in [0.2, 0.25) is 0 Å². The molecule has 1 saturated heterocycles. The van der Waals surface area contributed by atoms with Gasteiger partial charge in [-0.3, -0.25) is 4.79 Å². The Bertz CT molecular complexity index is 225. The van der Waals surface area contributed by atoms with Crippen LogP contribution in [-0.2, 0) is 9.53 Å². The molecule has 0 aromatic rings. The fourth-order valence-corrected chi connectivity index (χ4v) is 1.83. The predicted octanol–water partition coefficient (Wildman–Crippen LogP) is 0.901. The molecule has 1 amide bonds. The molecule has 1 aliphatic heterocycles. The highest BCUT2D eigenvalue weighted by molar-refractivity contribution is 5.76. The van der Waals surface area contributed by atoms with E-state index in [4.69, 9.17) is 10.5 Å². The zero-order chi connectivity index (χ0) is 12.1. The van der Waals surface area contributed by atoms with Crippen molar-refractivity contribution in [3.63, 3.8) is 0 Å². The minimum atomic E-state index is -0.0490. The third-order valence-electron chi connectivity index (χ3n) is 3.34. The maximum absolute atomic E-state index is 11.7. The van der Waals surface area contributed by atoms with Crippen LogP contribution in [0.4, 0.5) is 0 Å². The van der Waals surface area contributed by atoms with E-state index in [1.165, 1.54) is 0 Å². The SMILES string of the molecule is CC(C)C(N)CC(=O)NC(C)C1CCOC1. The number of nitrogens with one attached hydrogen (secondary N) is 1. The first-order chi connectivity index (χ1) is 7.50. The van der Waals surface area contributed by atoms with Crippen LogP contribution in [0.5, 0.6) is 0 Å². The summed E-state index contributed by atoms with van der Waals surface area (Å²) in [6, 6.07) is 0.140. The summed E-state index contributed by atoms with van der Waals surface area (Å²) in [5.74, 6) is 0.857. The first-order valence-corrected chi connectivity index (χ1v) is 6.13. The fourth-order valence-electron chi connectivity index (χ4n) is 1.83. The van der Waals surface area contributed by atoms with E-state index in [0.717, 1.165) is 19.6 Å². The number of amides is 1. The van der Waals surface area contributed by atoms with Crippen LogP contribution in [0.3, 0.4) is 0 Å². The zero-order valence-electron chi connectivity index (χ0n) is 10.5. The van der Waals surface area contributed by atoms with E-state index in [1.54, 1.807) is 0 Å². The predicted molar refractivity (Wildman–Crippen MR) is 64.0 cm³/mol. The van der Waals surface area contributed by atoms with Gasteiger partial charge in [-0.2, -0.15) is 0 Å². The minimum Gasteiger partial charge on any atom is -0.381 e. The van der Waals surface area contributed by atoms with Gasteiger partial charge in [-0.1, -0.05) is 13.8 Å². The third-order valence-corrected chi connectivity index (χ3v) is 3.34. The highest BCUT2D eigenvalue weighted by atomic mass is 16.5. The zero-order valence-corrected chi connectivity index (χ0v) is 10.5. The van der Waals surface area contributed by atoms with Crippen LogP contribution in [0.15, 0.2) is 0 Å². The maximum Gasteiger partial charge on any atom is 0.221 e. The van der Waals surface area contributed by atoms with Crippen molar-refractivity contribution in [3.05, 3.63) is 0 Å². The lowest BCUT2D eigenvalue weighted by molar-refractivity contribution is -0.122. The second kappa shape index (κ2) is 6.21. The normalized spacial score (nSPS) is 24.4. The molecule has 0 aromatic carbocycles. The molecule has 4 heteroatoms. The van der Waals surface area contributed by atoms with Crippen molar-refractivity contribution in [3.8, 4) is 0 Å². The highest BCUT2D eigenvalue weighted by Crippen LogP contribution is 2.16. The summed E-state index contributed by atoms with van der Waals surface area (Å²) in [7, 11) is 0. The molecule has 1 heterocycles. The van der Waals surface area contributed by atoms with Crippen LogP contribution < -0.4 is 11.1 Å². The molecule has 1 rings (SSSR count). The van der Waals surface area contributed by atoms with Gasteiger partial charge >= 0.3 is 0 Å². The molecule has 0 radical (unpaired) electrons. The second-order valence-corrected chi connectivity index (χ2v) is 5.09. The molecule has 16 heavy (non-hydrogen) atoms. The van der Waals surface area contributed by atoms with Gasteiger partial charge in [-0.05, 0) is 19.3 Å². The number of nitrogens with two attached hydrogens (primary N) is 1. The van der Waals surface area contributed by atoms with Crippen LogP contribution in [0.25, 0.3) is 0 Å². The Hall–Kier alpha value is -0.610. The Morgan fingerprint density at radius 2 is 2.19 bits per heavy atom. The summed E-state index contributed by atoms with van der Waals surface area (Å²) in [6.07, 6.45) is 1.45. The first kappa shape index (κ1) is 13.5. The Morgan fingerprint density at radius 3 is 2.69 bits per heavy atom. The molecule has 0 aromatic heterocycles. The maximum atomic E-state index is 11.7. The van der Waals surface area contributed by atoms with Gasteiger partial charge < -0.3 is 15.8 Å². The van der Waals surface area contributed by atoms with Crippen LogP contribution in [0, 0.1) is 11.8 Å². The van der Waals surface area contributed by atoms with Crippen molar-refractivity contribution in [1.29, 1.82) is 0 Å². The van der Waals surface area contributed by atoms with Crippen molar-refractivity contribution in [1.82, 2.24) is 5.32 Å². The van der Waals surface area contributed by atoms with E-state index >= 15 is 0 Å². The van der Waals surface area contributed by atoms with Crippen molar-refractivity contribution < 1.29 is 9.53 Å². The lowest BCUT2D eigenvalue weighted by atomic mass is 9.99. The Labute approximate surface area is 97.9 Å². The Balaban J connectivity index is 2.27. The monoisotopic (exact) mass is 228 g/mol. The lowest BCUT2D eigenvalue weighted by Gasteiger charge is -2.21. The van der Waals surface area contributed by atoms with Gasteiger partial charge in [-0.25, -0.2) is 0 Å². The lowest BCUT2D eigenvalue weighted by Crippen LogP contribution is -2.41. The van der Waals surface area contributed by atoms with Crippen molar-refractivity contribution in [2.75, 3.05) is 13.2 Å². The molecular weight excluding hydrogens is 204 g/mol. The molecule has 0 spiro atoms. The number of hydrogen-bond donors (Lipinski definition) is 2.